The van der Waals surface area contributed by atoms with Gasteiger partial charge in [0.25, 0.3) is 5.91 Å². The molecule has 0 aliphatic carbocycles. The van der Waals surface area contributed by atoms with Gasteiger partial charge in [0, 0.05) is 5.02 Å². The first-order valence-electron chi connectivity index (χ1n) is 4.99. The van der Waals surface area contributed by atoms with E-state index in [9.17, 15) is 4.79 Å². The van der Waals surface area contributed by atoms with Crippen LogP contribution in [0.4, 0.5) is 5.69 Å². The van der Waals surface area contributed by atoms with Crippen LogP contribution in [0.1, 0.15) is 16.1 Å². The second-order valence-electron chi connectivity index (χ2n) is 3.64. The molecule has 0 fully saturated rings. The summed E-state index contributed by atoms with van der Waals surface area (Å²) in [5.41, 5.74) is 1.30. The number of anilines is 1. The molecule has 0 saturated heterocycles. The van der Waals surface area contributed by atoms with Gasteiger partial charge < -0.3 is 9.73 Å². The molecule has 0 spiro atoms. The van der Waals surface area contributed by atoms with E-state index in [1.54, 1.807) is 24.3 Å². The molecule has 1 aromatic carbocycles. The maximum atomic E-state index is 11.8. The summed E-state index contributed by atoms with van der Waals surface area (Å²) in [7, 11) is 0. The van der Waals surface area contributed by atoms with Gasteiger partial charge in [-0.1, -0.05) is 23.2 Å². The van der Waals surface area contributed by atoms with Crippen LogP contribution in [0.3, 0.4) is 0 Å². The van der Waals surface area contributed by atoms with Gasteiger partial charge in [0.05, 0.1) is 10.7 Å². The number of carbonyl (C=O) groups excluding carboxylic acids is 1. The molecule has 2 rings (SSSR count). The number of furan rings is 1. The molecular formula is C12H8BrCl2NO2. The molecule has 0 aliphatic heterocycles. The third-order valence-corrected chi connectivity index (χ3v) is 3.44. The van der Waals surface area contributed by atoms with Crippen molar-refractivity contribution in [1.29, 1.82) is 0 Å². The summed E-state index contributed by atoms with van der Waals surface area (Å²) in [4.78, 5) is 11.8. The number of rotatable bonds is 2. The minimum Gasteiger partial charge on any atom is -0.444 e. The van der Waals surface area contributed by atoms with Gasteiger partial charge >= 0.3 is 0 Å². The van der Waals surface area contributed by atoms with Gasteiger partial charge in [-0.05, 0) is 52.7 Å². The van der Waals surface area contributed by atoms with Crippen LogP contribution in [0.5, 0.6) is 0 Å². The highest BCUT2D eigenvalue weighted by Crippen LogP contribution is 2.29. The molecule has 1 amide bonds. The summed E-state index contributed by atoms with van der Waals surface area (Å²) in [6.07, 6.45) is 0. The van der Waals surface area contributed by atoms with E-state index in [2.05, 4.69) is 21.2 Å². The molecule has 0 aliphatic rings. The van der Waals surface area contributed by atoms with Crippen molar-refractivity contribution < 1.29 is 9.21 Å². The fourth-order valence-corrected chi connectivity index (χ4v) is 2.10. The Balaban J connectivity index is 2.24. The van der Waals surface area contributed by atoms with E-state index in [0.717, 1.165) is 5.56 Å². The van der Waals surface area contributed by atoms with Crippen LogP contribution >= 0.6 is 39.1 Å². The third-order valence-electron chi connectivity index (χ3n) is 2.29. The van der Waals surface area contributed by atoms with Crippen molar-refractivity contribution in [2.45, 2.75) is 6.92 Å². The Morgan fingerprint density at radius 1 is 1.28 bits per heavy atom. The molecule has 1 N–H and O–H groups in total. The van der Waals surface area contributed by atoms with Gasteiger partial charge in [0.2, 0.25) is 0 Å². The SMILES string of the molecule is Cc1cc(Cl)c(NC(=O)c2ccc(Br)o2)cc1Cl. The molecule has 3 nitrogen and oxygen atoms in total. The minimum atomic E-state index is -0.387. The van der Waals surface area contributed by atoms with Gasteiger partial charge in [-0.25, -0.2) is 0 Å². The number of hydrogen-bond donors (Lipinski definition) is 1. The molecule has 0 bridgehead atoms. The van der Waals surface area contributed by atoms with Crippen molar-refractivity contribution in [3.63, 3.8) is 0 Å². The summed E-state index contributed by atoms with van der Waals surface area (Å²) >= 11 is 15.1. The van der Waals surface area contributed by atoms with E-state index in [-0.39, 0.29) is 11.7 Å². The van der Waals surface area contributed by atoms with E-state index in [4.69, 9.17) is 27.6 Å². The number of halogens is 3. The fourth-order valence-electron chi connectivity index (χ4n) is 1.36. The lowest BCUT2D eigenvalue weighted by Crippen LogP contribution is -2.11. The summed E-state index contributed by atoms with van der Waals surface area (Å²) < 4.78 is 5.63. The summed E-state index contributed by atoms with van der Waals surface area (Å²) in [5.74, 6) is -0.197. The van der Waals surface area contributed by atoms with E-state index >= 15 is 0 Å². The van der Waals surface area contributed by atoms with Crippen LogP contribution in [0.25, 0.3) is 0 Å². The van der Waals surface area contributed by atoms with Gasteiger partial charge in [0.15, 0.2) is 10.4 Å². The predicted molar refractivity (Wildman–Crippen MR) is 75.6 cm³/mol. The molecular weight excluding hydrogens is 341 g/mol. The van der Waals surface area contributed by atoms with Gasteiger partial charge in [-0.2, -0.15) is 0 Å². The van der Waals surface area contributed by atoms with E-state index in [0.29, 0.717) is 20.4 Å². The van der Waals surface area contributed by atoms with Crippen molar-refractivity contribution >= 4 is 50.7 Å². The highest BCUT2D eigenvalue weighted by Gasteiger charge is 2.13. The molecule has 0 radical (unpaired) electrons. The molecule has 94 valence electrons. The van der Waals surface area contributed by atoms with Crippen LogP contribution in [-0.2, 0) is 0 Å². The Morgan fingerprint density at radius 3 is 2.61 bits per heavy atom. The average Bonchev–Trinajstić information content (AvgIpc) is 2.73. The Hall–Kier alpha value is -0.970. The molecule has 6 heteroatoms. The Bertz CT molecular complexity index is 610. The topological polar surface area (TPSA) is 42.2 Å². The van der Waals surface area contributed by atoms with Gasteiger partial charge in [-0.3, -0.25) is 4.79 Å². The second-order valence-corrected chi connectivity index (χ2v) is 5.24. The van der Waals surface area contributed by atoms with Crippen molar-refractivity contribution in [2.24, 2.45) is 0 Å². The monoisotopic (exact) mass is 347 g/mol. The zero-order valence-corrected chi connectivity index (χ0v) is 12.4. The second kappa shape index (κ2) is 5.34. The van der Waals surface area contributed by atoms with Gasteiger partial charge in [0.1, 0.15) is 0 Å². The normalized spacial score (nSPS) is 10.4. The smallest absolute Gasteiger partial charge is 0.291 e. The van der Waals surface area contributed by atoms with Crippen LogP contribution in [0.2, 0.25) is 10.0 Å². The first-order valence-corrected chi connectivity index (χ1v) is 6.54. The fraction of sp³-hybridized carbons (Fsp3) is 0.0833. The minimum absolute atomic E-state index is 0.189. The maximum absolute atomic E-state index is 11.8. The number of benzene rings is 1. The number of carbonyl (C=O) groups is 1. The summed E-state index contributed by atoms with van der Waals surface area (Å²) in [5, 5.41) is 3.60. The molecule has 0 unspecified atom stereocenters. The lowest BCUT2D eigenvalue weighted by atomic mass is 10.2. The van der Waals surface area contributed by atoms with E-state index in [1.807, 2.05) is 6.92 Å². The van der Waals surface area contributed by atoms with Crippen molar-refractivity contribution in [3.8, 4) is 0 Å². The first kappa shape index (κ1) is 13.5. The largest absolute Gasteiger partial charge is 0.444 e. The summed E-state index contributed by atoms with van der Waals surface area (Å²) in [6.45, 7) is 1.84. The first-order chi connectivity index (χ1) is 8.47. The predicted octanol–water partition coefficient (Wildman–Crippen LogP) is 4.91. The number of amides is 1. The third kappa shape index (κ3) is 2.88. The zero-order chi connectivity index (χ0) is 13.3. The van der Waals surface area contributed by atoms with Crippen LogP contribution in [0.15, 0.2) is 33.4 Å². The maximum Gasteiger partial charge on any atom is 0.291 e. The van der Waals surface area contributed by atoms with E-state index in [1.165, 1.54) is 0 Å². The zero-order valence-electron chi connectivity index (χ0n) is 9.26. The molecule has 0 saturated carbocycles. The van der Waals surface area contributed by atoms with Crippen molar-refractivity contribution in [1.82, 2.24) is 0 Å². The van der Waals surface area contributed by atoms with Crippen LogP contribution in [0, 0.1) is 6.92 Å². The van der Waals surface area contributed by atoms with Crippen molar-refractivity contribution in [3.05, 3.63) is 50.3 Å². The van der Waals surface area contributed by atoms with E-state index < -0.39 is 0 Å². The molecule has 1 aromatic heterocycles. The van der Waals surface area contributed by atoms with Gasteiger partial charge in [-0.15, -0.1) is 0 Å². The van der Waals surface area contributed by atoms with Crippen LogP contribution < -0.4 is 5.32 Å². The van der Waals surface area contributed by atoms with Crippen LogP contribution in [-0.4, -0.2) is 5.91 Å². The lowest BCUT2D eigenvalue weighted by Gasteiger charge is -2.08. The number of hydrogen-bond acceptors (Lipinski definition) is 2. The average molecular weight is 349 g/mol. The Kier molecular flexibility index (Phi) is 4.00. The van der Waals surface area contributed by atoms with Crippen molar-refractivity contribution in [2.75, 3.05) is 5.32 Å². The molecule has 2 aromatic rings. The quantitative estimate of drug-likeness (QED) is 0.837. The standard InChI is InChI=1S/C12H8BrCl2NO2/c1-6-4-8(15)9(5-7(6)14)16-12(17)10-2-3-11(13)18-10/h2-5H,1H3,(H,16,17). The number of aryl methyl sites for hydroxylation is 1. The highest BCUT2D eigenvalue weighted by molar-refractivity contribution is 9.10. The molecule has 0 atom stereocenters. The Morgan fingerprint density at radius 2 is 2.00 bits per heavy atom. The summed E-state index contributed by atoms with van der Waals surface area (Å²) in [6, 6.07) is 6.49. The lowest BCUT2D eigenvalue weighted by molar-refractivity contribution is 0.0995. The number of nitrogens with one attached hydrogen (secondary N) is 1. The molecule has 18 heavy (non-hydrogen) atoms. The highest BCUT2D eigenvalue weighted by atomic mass is 79.9. The molecule has 1 heterocycles. The Labute approximate surface area is 122 Å².